The first kappa shape index (κ1) is 52.9. The van der Waals surface area contributed by atoms with E-state index in [4.69, 9.17) is 14.2 Å². The number of hydrogen-bond acceptors (Lipinski definition) is 6. The predicted molar refractivity (Wildman–Crippen MR) is 238 cm³/mol. The number of carbonyl (C=O) groups is 3. The molecule has 0 aromatic heterocycles. The molecule has 0 rings (SSSR count). The summed E-state index contributed by atoms with van der Waals surface area (Å²) in [4.78, 5) is 37.7. The summed E-state index contributed by atoms with van der Waals surface area (Å²) in [6.07, 6.45) is 54.6. The topological polar surface area (TPSA) is 78.9 Å². The molecule has 0 bridgehead atoms. The molecule has 0 aliphatic heterocycles. The number of carbonyl (C=O) groups excluding carboxylic acids is 3. The van der Waals surface area contributed by atoms with Crippen molar-refractivity contribution in [3.05, 3.63) is 72.9 Å². The van der Waals surface area contributed by atoms with Crippen molar-refractivity contribution in [1.29, 1.82) is 0 Å². The molecule has 0 radical (unpaired) electrons. The van der Waals surface area contributed by atoms with Crippen LogP contribution in [0.1, 0.15) is 207 Å². The van der Waals surface area contributed by atoms with Crippen LogP contribution in [-0.4, -0.2) is 37.2 Å². The minimum atomic E-state index is -0.795. The fraction of sp³-hybridized carbons (Fsp3) is 0.700. The van der Waals surface area contributed by atoms with Gasteiger partial charge in [0, 0.05) is 19.3 Å². The normalized spacial score (nSPS) is 12.7. The van der Waals surface area contributed by atoms with E-state index in [1.165, 1.54) is 57.8 Å². The van der Waals surface area contributed by atoms with E-state index in [1.54, 1.807) is 0 Å². The smallest absolute Gasteiger partial charge is 0.306 e. The summed E-state index contributed by atoms with van der Waals surface area (Å²) < 4.78 is 16.6. The molecule has 0 N–H and O–H groups in total. The summed E-state index contributed by atoms with van der Waals surface area (Å²) in [6.45, 7) is 6.39. The van der Waals surface area contributed by atoms with Crippen LogP contribution in [0.25, 0.3) is 0 Å². The van der Waals surface area contributed by atoms with Crippen LogP contribution in [0.4, 0.5) is 0 Å². The minimum absolute atomic E-state index is 0.0941. The zero-order valence-electron chi connectivity index (χ0n) is 36.4. The first-order valence-corrected chi connectivity index (χ1v) is 22.9. The van der Waals surface area contributed by atoms with Crippen molar-refractivity contribution in [2.24, 2.45) is 0 Å². The van der Waals surface area contributed by atoms with E-state index >= 15 is 0 Å². The van der Waals surface area contributed by atoms with Gasteiger partial charge in [-0.3, -0.25) is 14.4 Å². The lowest BCUT2D eigenvalue weighted by molar-refractivity contribution is -0.167. The van der Waals surface area contributed by atoms with Gasteiger partial charge in [0.05, 0.1) is 0 Å². The molecule has 6 heteroatoms. The van der Waals surface area contributed by atoms with Crippen LogP contribution in [0.2, 0.25) is 0 Å². The van der Waals surface area contributed by atoms with Gasteiger partial charge in [-0.15, -0.1) is 0 Å². The predicted octanol–water partition coefficient (Wildman–Crippen LogP) is 14.7. The Labute approximate surface area is 344 Å². The lowest BCUT2D eigenvalue weighted by Crippen LogP contribution is -2.30. The van der Waals surface area contributed by atoms with E-state index < -0.39 is 6.10 Å². The molecule has 0 spiro atoms. The van der Waals surface area contributed by atoms with Crippen LogP contribution in [0.5, 0.6) is 0 Å². The maximum absolute atomic E-state index is 12.7. The third-order valence-electron chi connectivity index (χ3n) is 9.45. The lowest BCUT2D eigenvalue weighted by atomic mass is 10.1. The molecule has 0 aromatic carbocycles. The van der Waals surface area contributed by atoms with E-state index in [0.29, 0.717) is 19.3 Å². The van der Waals surface area contributed by atoms with E-state index in [0.717, 1.165) is 109 Å². The number of ether oxygens (including phenoxy) is 3. The zero-order valence-corrected chi connectivity index (χ0v) is 36.4. The average Bonchev–Trinajstić information content (AvgIpc) is 3.19. The SMILES string of the molecule is CC/C=C\C/C=C\C/C=C\C/C=C\CCCCC(=O)OCC(COC(=O)CCCCCCCCCCC)OC(=O)CCCCCCC/C=C\C/C=C\CCCC. The molecular formula is C50H84O6. The molecule has 6 nitrogen and oxygen atoms in total. The molecule has 0 aromatic rings. The Morgan fingerprint density at radius 2 is 0.714 bits per heavy atom. The molecule has 1 atom stereocenters. The van der Waals surface area contributed by atoms with Crippen molar-refractivity contribution in [3.63, 3.8) is 0 Å². The molecule has 320 valence electrons. The quantitative estimate of drug-likeness (QED) is 0.0267. The Kier molecular flexibility index (Phi) is 42.1. The maximum atomic E-state index is 12.7. The van der Waals surface area contributed by atoms with Gasteiger partial charge in [0.1, 0.15) is 13.2 Å². The maximum Gasteiger partial charge on any atom is 0.306 e. The lowest BCUT2D eigenvalue weighted by Gasteiger charge is -2.18. The summed E-state index contributed by atoms with van der Waals surface area (Å²) in [7, 11) is 0. The Bertz CT molecular complexity index is 1080. The first-order valence-electron chi connectivity index (χ1n) is 22.9. The molecular weight excluding hydrogens is 697 g/mol. The van der Waals surface area contributed by atoms with Crippen LogP contribution in [0, 0.1) is 0 Å². The van der Waals surface area contributed by atoms with Gasteiger partial charge in [-0.1, -0.05) is 177 Å². The Hall–Kier alpha value is -3.15. The number of esters is 3. The molecule has 0 amide bonds. The van der Waals surface area contributed by atoms with Gasteiger partial charge < -0.3 is 14.2 Å². The molecule has 0 heterocycles. The summed E-state index contributed by atoms with van der Waals surface area (Å²) >= 11 is 0. The Morgan fingerprint density at radius 3 is 1.18 bits per heavy atom. The molecule has 0 saturated carbocycles. The summed E-state index contributed by atoms with van der Waals surface area (Å²) in [6, 6.07) is 0. The monoisotopic (exact) mass is 781 g/mol. The largest absolute Gasteiger partial charge is 0.462 e. The highest BCUT2D eigenvalue weighted by molar-refractivity contribution is 5.71. The Morgan fingerprint density at radius 1 is 0.375 bits per heavy atom. The standard InChI is InChI=1S/C50H84O6/c1-4-7-10-13-16-19-21-23-25-27-28-31-34-37-40-43-49(52)55-46-47(45-54-48(51)42-39-36-33-30-18-15-12-9-6-3)56-50(53)44-41-38-35-32-29-26-24-22-20-17-14-11-8-5-2/h7,10,14,16-17,19,22-25,28,31,47H,4-6,8-9,11-13,15,18,20-21,26-27,29-30,32-46H2,1-3H3/b10-7-,17-14-,19-16-,24-22-,25-23-,31-28-. The molecule has 0 fully saturated rings. The van der Waals surface area contributed by atoms with Crippen molar-refractivity contribution in [2.75, 3.05) is 13.2 Å². The zero-order chi connectivity index (χ0) is 40.8. The van der Waals surface area contributed by atoms with Crippen LogP contribution in [-0.2, 0) is 28.6 Å². The van der Waals surface area contributed by atoms with Crippen molar-refractivity contribution in [3.8, 4) is 0 Å². The third-order valence-corrected chi connectivity index (χ3v) is 9.45. The average molecular weight is 781 g/mol. The van der Waals surface area contributed by atoms with Crippen LogP contribution in [0.15, 0.2) is 72.9 Å². The van der Waals surface area contributed by atoms with Crippen molar-refractivity contribution in [2.45, 2.75) is 213 Å². The van der Waals surface area contributed by atoms with E-state index in [1.807, 2.05) is 0 Å². The van der Waals surface area contributed by atoms with Gasteiger partial charge in [-0.2, -0.15) is 0 Å². The number of hydrogen-bond donors (Lipinski definition) is 0. The molecule has 0 saturated heterocycles. The van der Waals surface area contributed by atoms with Crippen LogP contribution in [0.3, 0.4) is 0 Å². The van der Waals surface area contributed by atoms with Crippen molar-refractivity contribution < 1.29 is 28.6 Å². The fourth-order valence-corrected chi connectivity index (χ4v) is 5.98. The van der Waals surface area contributed by atoms with Crippen molar-refractivity contribution in [1.82, 2.24) is 0 Å². The first-order chi connectivity index (χ1) is 27.5. The number of allylic oxidation sites excluding steroid dienone is 12. The van der Waals surface area contributed by atoms with Gasteiger partial charge >= 0.3 is 17.9 Å². The van der Waals surface area contributed by atoms with E-state index in [2.05, 4.69) is 93.7 Å². The van der Waals surface area contributed by atoms with E-state index in [9.17, 15) is 14.4 Å². The highest BCUT2D eigenvalue weighted by Crippen LogP contribution is 2.13. The highest BCUT2D eigenvalue weighted by atomic mass is 16.6. The van der Waals surface area contributed by atoms with Gasteiger partial charge in [0.2, 0.25) is 0 Å². The summed E-state index contributed by atoms with van der Waals surface area (Å²) in [5, 5.41) is 0. The summed E-state index contributed by atoms with van der Waals surface area (Å²) in [5.74, 6) is -0.959. The molecule has 0 aliphatic carbocycles. The van der Waals surface area contributed by atoms with Gasteiger partial charge in [-0.05, 0) is 83.5 Å². The summed E-state index contributed by atoms with van der Waals surface area (Å²) in [5.41, 5.74) is 0. The second kappa shape index (κ2) is 44.6. The molecule has 0 aliphatic rings. The second-order valence-corrected chi connectivity index (χ2v) is 14.9. The van der Waals surface area contributed by atoms with Gasteiger partial charge in [0.15, 0.2) is 6.10 Å². The van der Waals surface area contributed by atoms with E-state index in [-0.39, 0.29) is 31.1 Å². The Balaban J connectivity index is 4.46. The highest BCUT2D eigenvalue weighted by Gasteiger charge is 2.19. The van der Waals surface area contributed by atoms with Crippen molar-refractivity contribution >= 4 is 17.9 Å². The minimum Gasteiger partial charge on any atom is -0.462 e. The van der Waals surface area contributed by atoms with Crippen LogP contribution < -0.4 is 0 Å². The number of unbranched alkanes of at least 4 members (excludes halogenated alkanes) is 17. The fourth-order valence-electron chi connectivity index (χ4n) is 5.98. The number of rotatable bonds is 40. The molecule has 56 heavy (non-hydrogen) atoms. The third kappa shape index (κ3) is 42.0. The van der Waals surface area contributed by atoms with Gasteiger partial charge in [-0.25, -0.2) is 0 Å². The second-order valence-electron chi connectivity index (χ2n) is 14.9. The van der Waals surface area contributed by atoms with Gasteiger partial charge in [0.25, 0.3) is 0 Å². The van der Waals surface area contributed by atoms with Crippen LogP contribution >= 0.6 is 0 Å². The molecule has 1 unspecified atom stereocenters.